The number of hydrogen-bond acceptors (Lipinski definition) is 7. The van der Waals surface area contributed by atoms with E-state index in [4.69, 9.17) is 20.8 Å². The number of halogens is 1. The maximum absolute atomic E-state index is 12.7. The van der Waals surface area contributed by atoms with E-state index in [1.807, 2.05) is 0 Å². The molecule has 4 rings (SSSR count). The first kappa shape index (κ1) is 21.9. The smallest absolute Gasteiger partial charge is 0.262 e. The fourth-order valence-corrected chi connectivity index (χ4v) is 5.08. The first-order valence-corrected chi connectivity index (χ1v) is 12.4. The highest BCUT2D eigenvalue weighted by Gasteiger charge is 2.19. The number of anilines is 1. The molecular weight excluding hydrogens is 462 g/mol. The molecule has 0 aliphatic carbocycles. The van der Waals surface area contributed by atoms with Gasteiger partial charge < -0.3 is 14.5 Å². The number of carbonyl (C=O) groups excluding carboxylic acids is 1. The van der Waals surface area contributed by atoms with E-state index in [-0.39, 0.29) is 33.6 Å². The van der Waals surface area contributed by atoms with Gasteiger partial charge >= 0.3 is 0 Å². The molecule has 8 nitrogen and oxygen atoms in total. The van der Waals surface area contributed by atoms with Crippen molar-refractivity contribution in [2.45, 2.75) is 29.1 Å². The second-order valence-electron chi connectivity index (χ2n) is 6.92. The molecule has 1 aromatic heterocycles. The SMILES string of the molecule is O=C(CSc1nc2cc(S(=O)(=O)Nc3ccccc3Cl)ccc2o1)NC[C@@H]1CCCO1. The average Bonchev–Trinajstić information content (AvgIpc) is 3.41. The van der Waals surface area contributed by atoms with Gasteiger partial charge in [0, 0.05) is 13.2 Å². The molecule has 0 spiro atoms. The molecule has 1 amide bonds. The van der Waals surface area contributed by atoms with Crippen LogP contribution in [0.15, 0.2) is 57.0 Å². The number of nitrogens with zero attached hydrogens (tertiary/aromatic N) is 1. The summed E-state index contributed by atoms with van der Waals surface area (Å²) in [7, 11) is -3.86. The molecule has 3 aromatic rings. The Bertz CT molecular complexity index is 1190. The second kappa shape index (κ2) is 9.47. The third-order valence-electron chi connectivity index (χ3n) is 4.65. The Labute approximate surface area is 188 Å². The van der Waals surface area contributed by atoms with Gasteiger partial charge in [0.15, 0.2) is 5.58 Å². The molecule has 11 heteroatoms. The van der Waals surface area contributed by atoms with Crippen molar-refractivity contribution in [3.8, 4) is 0 Å². The van der Waals surface area contributed by atoms with E-state index in [1.54, 1.807) is 24.3 Å². The first-order chi connectivity index (χ1) is 14.9. The lowest BCUT2D eigenvalue weighted by Gasteiger charge is -2.09. The van der Waals surface area contributed by atoms with Crippen LogP contribution in [-0.4, -0.2) is 44.3 Å². The number of fused-ring (bicyclic) bond motifs is 1. The average molecular weight is 482 g/mol. The van der Waals surface area contributed by atoms with Crippen molar-refractivity contribution in [2.24, 2.45) is 0 Å². The molecule has 0 radical (unpaired) electrons. The van der Waals surface area contributed by atoms with Crippen molar-refractivity contribution < 1.29 is 22.4 Å². The van der Waals surface area contributed by atoms with E-state index in [0.29, 0.717) is 22.7 Å². The molecule has 164 valence electrons. The number of benzene rings is 2. The number of sulfonamides is 1. The number of carbonyl (C=O) groups is 1. The van der Waals surface area contributed by atoms with Crippen molar-refractivity contribution >= 4 is 56.1 Å². The Hall–Kier alpha value is -2.27. The van der Waals surface area contributed by atoms with E-state index in [9.17, 15) is 13.2 Å². The highest BCUT2D eigenvalue weighted by atomic mass is 35.5. The molecule has 1 fully saturated rings. The van der Waals surface area contributed by atoms with Crippen molar-refractivity contribution in [2.75, 3.05) is 23.6 Å². The number of oxazole rings is 1. The van der Waals surface area contributed by atoms with E-state index < -0.39 is 10.0 Å². The van der Waals surface area contributed by atoms with Crippen LogP contribution in [0.4, 0.5) is 5.69 Å². The van der Waals surface area contributed by atoms with Crippen LogP contribution >= 0.6 is 23.4 Å². The zero-order chi connectivity index (χ0) is 21.8. The molecule has 2 aromatic carbocycles. The predicted molar refractivity (Wildman–Crippen MR) is 119 cm³/mol. The molecule has 31 heavy (non-hydrogen) atoms. The van der Waals surface area contributed by atoms with Gasteiger partial charge in [0.2, 0.25) is 5.91 Å². The van der Waals surface area contributed by atoms with E-state index >= 15 is 0 Å². The molecule has 0 saturated carbocycles. The van der Waals surface area contributed by atoms with Gasteiger partial charge in [0.25, 0.3) is 15.2 Å². The zero-order valence-electron chi connectivity index (χ0n) is 16.3. The molecule has 1 saturated heterocycles. The van der Waals surface area contributed by atoms with E-state index in [2.05, 4.69) is 15.0 Å². The van der Waals surface area contributed by atoms with Crippen LogP contribution in [0.1, 0.15) is 12.8 Å². The summed E-state index contributed by atoms with van der Waals surface area (Å²) in [5.74, 6) is -0.00589. The van der Waals surface area contributed by atoms with Crippen LogP contribution in [0.2, 0.25) is 5.02 Å². The van der Waals surface area contributed by atoms with Crippen LogP contribution in [-0.2, 0) is 19.6 Å². The van der Waals surface area contributed by atoms with Gasteiger partial charge in [-0.05, 0) is 43.2 Å². The monoisotopic (exact) mass is 481 g/mol. The quantitative estimate of drug-likeness (QED) is 0.472. The normalized spacial score (nSPS) is 16.5. The van der Waals surface area contributed by atoms with Crippen LogP contribution in [0.25, 0.3) is 11.1 Å². The van der Waals surface area contributed by atoms with Gasteiger partial charge in [-0.15, -0.1) is 0 Å². The summed E-state index contributed by atoms with van der Waals surface area (Å²) in [6.45, 7) is 1.23. The van der Waals surface area contributed by atoms with Gasteiger partial charge in [-0.2, -0.15) is 0 Å². The van der Waals surface area contributed by atoms with Gasteiger partial charge in [0.1, 0.15) is 5.52 Å². The summed E-state index contributed by atoms with van der Waals surface area (Å²) in [5.41, 5.74) is 1.10. The number of ether oxygens (including phenoxy) is 1. The third kappa shape index (κ3) is 5.51. The first-order valence-electron chi connectivity index (χ1n) is 9.60. The Kier molecular flexibility index (Phi) is 6.71. The summed E-state index contributed by atoms with van der Waals surface area (Å²) >= 11 is 7.18. The highest BCUT2D eigenvalue weighted by molar-refractivity contribution is 7.99. The minimum Gasteiger partial charge on any atom is -0.431 e. The number of thioether (sulfide) groups is 1. The highest BCUT2D eigenvalue weighted by Crippen LogP contribution is 2.28. The van der Waals surface area contributed by atoms with Crippen molar-refractivity contribution in [1.29, 1.82) is 0 Å². The second-order valence-corrected chi connectivity index (χ2v) is 9.94. The largest absolute Gasteiger partial charge is 0.431 e. The third-order valence-corrected chi connectivity index (χ3v) is 7.17. The Morgan fingerprint density at radius 1 is 1.26 bits per heavy atom. The maximum Gasteiger partial charge on any atom is 0.262 e. The number of para-hydroxylation sites is 1. The van der Waals surface area contributed by atoms with Gasteiger partial charge in [-0.25, -0.2) is 13.4 Å². The predicted octanol–water partition coefficient (Wildman–Crippen LogP) is 3.67. The minimum atomic E-state index is -3.86. The molecular formula is C20H20ClN3O5S2. The minimum absolute atomic E-state index is 0.0269. The van der Waals surface area contributed by atoms with Gasteiger partial charge in [0.05, 0.1) is 27.5 Å². The van der Waals surface area contributed by atoms with E-state index in [0.717, 1.165) is 31.2 Å². The number of aromatic nitrogens is 1. The lowest BCUT2D eigenvalue weighted by atomic mass is 10.2. The number of nitrogens with one attached hydrogen (secondary N) is 2. The molecule has 1 aliphatic heterocycles. The Morgan fingerprint density at radius 3 is 2.87 bits per heavy atom. The zero-order valence-corrected chi connectivity index (χ0v) is 18.7. The van der Waals surface area contributed by atoms with Crippen molar-refractivity contribution in [3.63, 3.8) is 0 Å². The molecule has 0 bridgehead atoms. The topological polar surface area (TPSA) is 111 Å². The Balaban J connectivity index is 1.40. The molecule has 1 atom stereocenters. The summed E-state index contributed by atoms with van der Waals surface area (Å²) in [6.07, 6.45) is 2.05. The number of hydrogen-bond donors (Lipinski definition) is 2. The van der Waals surface area contributed by atoms with Gasteiger partial charge in [-0.1, -0.05) is 35.5 Å². The summed E-state index contributed by atoms with van der Waals surface area (Å²) in [6, 6.07) is 10.9. The lowest BCUT2D eigenvalue weighted by Crippen LogP contribution is -2.32. The van der Waals surface area contributed by atoms with Crippen LogP contribution in [0, 0.1) is 0 Å². The van der Waals surface area contributed by atoms with Crippen LogP contribution < -0.4 is 10.0 Å². The van der Waals surface area contributed by atoms with Crippen LogP contribution in [0.3, 0.4) is 0 Å². The maximum atomic E-state index is 12.7. The van der Waals surface area contributed by atoms with Crippen LogP contribution in [0.5, 0.6) is 0 Å². The molecule has 0 unspecified atom stereocenters. The standard InChI is InChI=1S/C20H20ClN3O5S2/c21-15-5-1-2-6-16(15)24-31(26,27)14-7-8-18-17(10-14)23-20(29-18)30-12-19(25)22-11-13-4-3-9-28-13/h1-2,5-8,10,13,24H,3-4,9,11-12H2,(H,22,25)/t13-/m0/s1. The summed E-state index contributed by atoms with van der Waals surface area (Å²) < 4.78 is 39.0. The summed E-state index contributed by atoms with van der Waals surface area (Å²) in [4.78, 5) is 16.3. The summed E-state index contributed by atoms with van der Waals surface area (Å²) in [5, 5.41) is 3.42. The van der Waals surface area contributed by atoms with Gasteiger partial charge in [-0.3, -0.25) is 9.52 Å². The molecule has 1 aliphatic rings. The molecule has 2 N–H and O–H groups in total. The molecule has 2 heterocycles. The number of rotatable bonds is 8. The Morgan fingerprint density at radius 2 is 2.10 bits per heavy atom. The van der Waals surface area contributed by atoms with Crippen molar-refractivity contribution in [1.82, 2.24) is 10.3 Å². The lowest BCUT2D eigenvalue weighted by molar-refractivity contribution is -0.119. The number of amides is 1. The van der Waals surface area contributed by atoms with E-state index in [1.165, 1.54) is 18.2 Å². The fraction of sp³-hybridized carbons (Fsp3) is 0.300. The fourth-order valence-electron chi connectivity index (χ4n) is 3.07. The van der Waals surface area contributed by atoms with Crippen molar-refractivity contribution in [3.05, 3.63) is 47.5 Å².